The normalized spacial score (nSPS) is 10.6. The molecule has 6 heteroatoms. The van der Waals surface area contributed by atoms with E-state index in [2.05, 4.69) is 10.1 Å². The van der Waals surface area contributed by atoms with Gasteiger partial charge in [0.25, 0.3) is 0 Å². The van der Waals surface area contributed by atoms with E-state index in [0.717, 1.165) is 11.3 Å². The van der Waals surface area contributed by atoms with E-state index in [1.807, 2.05) is 24.3 Å². The highest BCUT2D eigenvalue weighted by atomic mass is 35.5. The molecule has 2 aromatic carbocycles. The Labute approximate surface area is 125 Å². The van der Waals surface area contributed by atoms with Gasteiger partial charge < -0.3 is 4.74 Å². The first kappa shape index (κ1) is 13.6. The number of rotatable bonds is 3. The van der Waals surface area contributed by atoms with Crippen LogP contribution < -0.4 is 4.74 Å². The van der Waals surface area contributed by atoms with E-state index in [0.29, 0.717) is 11.5 Å². The summed E-state index contributed by atoms with van der Waals surface area (Å²) in [5, 5.41) is 4.28. The molecule has 0 bridgehead atoms. The van der Waals surface area contributed by atoms with Gasteiger partial charge >= 0.3 is 0 Å². The summed E-state index contributed by atoms with van der Waals surface area (Å²) in [6.45, 7) is 0. The van der Waals surface area contributed by atoms with Crippen LogP contribution >= 0.6 is 11.6 Å². The molecule has 3 aromatic rings. The number of benzene rings is 2. The Kier molecular flexibility index (Phi) is 3.58. The van der Waals surface area contributed by atoms with Crippen molar-refractivity contribution in [2.45, 2.75) is 0 Å². The molecule has 0 fully saturated rings. The summed E-state index contributed by atoms with van der Waals surface area (Å²) in [7, 11) is 1.60. The summed E-state index contributed by atoms with van der Waals surface area (Å²) in [4.78, 5) is 4.22. The van der Waals surface area contributed by atoms with Crippen molar-refractivity contribution < 1.29 is 9.13 Å². The highest BCUT2D eigenvalue weighted by Crippen LogP contribution is 2.24. The van der Waals surface area contributed by atoms with Crippen LogP contribution in [0.15, 0.2) is 48.5 Å². The molecule has 3 rings (SSSR count). The average Bonchev–Trinajstić information content (AvgIpc) is 2.90. The largest absolute Gasteiger partial charge is 0.497 e. The topological polar surface area (TPSA) is 39.9 Å². The molecule has 0 atom stereocenters. The molecule has 0 radical (unpaired) electrons. The van der Waals surface area contributed by atoms with Crippen LogP contribution in [0.1, 0.15) is 0 Å². The number of hydrogen-bond donors (Lipinski definition) is 0. The van der Waals surface area contributed by atoms with Gasteiger partial charge in [-0.25, -0.2) is 9.07 Å². The van der Waals surface area contributed by atoms with Crippen LogP contribution in [0.4, 0.5) is 4.39 Å². The van der Waals surface area contributed by atoms with Crippen molar-refractivity contribution in [1.29, 1.82) is 0 Å². The molecule has 0 saturated carbocycles. The maximum atomic E-state index is 13.0. The van der Waals surface area contributed by atoms with Gasteiger partial charge in [0.1, 0.15) is 11.6 Å². The van der Waals surface area contributed by atoms with Gasteiger partial charge in [-0.05, 0) is 60.1 Å². The zero-order chi connectivity index (χ0) is 14.8. The number of hydrogen-bond acceptors (Lipinski definition) is 3. The fourth-order valence-corrected chi connectivity index (χ4v) is 2.13. The Bertz CT molecular complexity index is 754. The van der Waals surface area contributed by atoms with Gasteiger partial charge in [-0.3, -0.25) is 0 Å². The second-order valence-electron chi connectivity index (χ2n) is 4.32. The number of methoxy groups -OCH3 is 1. The molecule has 0 aliphatic carbocycles. The van der Waals surface area contributed by atoms with Gasteiger partial charge in [-0.1, -0.05) is 0 Å². The molecule has 0 aliphatic heterocycles. The van der Waals surface area contributed by atoms with Gasteiger partial charge in [0.15, 0.2) is 5.82 Å². The Hall–Kier alpha value is -2.40. The van der Waals surface area contributed by atoms with Crippen molar-refractivity contribution in [2.24, 2.45) is 0 Å². The monoisotopic (exact) mass is 303 g/mol. The van der Waals surface area contributed by atoms with Gasteiger partial charge in [0, 0.05) is 5.56 Å². The molecular weight excluding hydrogens is 293 g/mol. The molecule has 1 aromatic heterocycles. The summed E-state index contributed by atoms with van der Waals surface area (Å²) < 4.78 is 19.7. The second kappa shape index (κ2) is 5.54. The molecule has 106 valence electrons. The lowest BCUT2D eigenvalue weighted by Gasteiger charge is -2.06. The first-order valence-corrected chi connectivity index (χ1v) is 6.58. The number of nitrogens with zero attached hydrogens (tertiary/aromatic N) is 3. The molecule has 0 N–H and O–H groups in total. The van der Waals surface area contributed by atoms with Crippen molar-refractivity contribution in [3.05, 3.63) is 59.6 Å². The first-order chi connectivity index (χ1) is 10.2. The molecule has 4 nitrogen and oxygen atoms in total. The minimum absolute atomic E-state index is 0.130. The predicted octanol–water partition coefficient (Wildman–Crippen LogP) is 3.74. The maximum Gasteiger partial charge on any atom is 0.243 e. The number of aromatic nitrogens is 3. The van der Waals surface area contributed by atoms with E-state index in [9.17, 15) is 4.39 Å². The Morgan fingerprint density at radius 2 is 1.71 bits per heavy atom. The average molecular weight is 304 g/mol. The van der Waals surface area contributed by atoms with Gasteiger partial charge in [0.2, 0.25) is 5.28 Å². The summed E-state index contributed by atoms with van der Waals surface area (Å²) in [5.41, 5.74) is 1.51. The van der Waals surface area contributed by atoms with Crippen molar-refractivity contribution in [3.63, 3.8) is 0 Å². The number of halogens is 2. The third-order valence-electron chi connectivity index (χ3n) is 3.00. The molecule has 21 heavy (non-hydrogen) atoms. The van der Waals surface area contributed by atoms with Crippen LogP contribution in [0.5, 0.6) is 5.75 Å². The summed E-state index contributed by atoms with van der Waals surface area (Å²) in [6.07, 6.45) is 0. The van der Waals surface area contributed by atoms with Crippen LogP contribution in [-0.2, 0) is 0 Å². The maximum absolute atomic E-state index is 13.0. The zero-order valence-corrected chi connectivity index (χ0v) is 11.9. The number of ether oxygens (including phenoxy) is 1. The van der Waals surface area contributed by atoms with Crippen LogP contribution in [0, 0.1) is 5.82 Å². The lowest BCUT2D eigenvalue weighted by molar-refractivity contribution is 0.415. The van der Waals surface area contributed by atoms with E-state index < -0.39 is 0 Å². The fraction of sp³-hybridized carbons (Fsp3) is 0.0667. The molecule has 0 unspecified atom stereocenters. The van der Waals surface area contributed by atoms with Gasteiger partial charge in [-0.2, -0.15) is 4.98 Å². The molecule has 0 saturated heterocycles. The van der Waals surface area contributed by atoms with E-state index in [1.165, 1.54) is 12.1 Å². The lowest BCUT2D eigenvalue weighted by atomic mass is 10.2. The standard InChI is InChI=1S/C15H11ClFN3O/c1-21-13-8-2-10(3-9-13)14-18-15(16)19-20(14)12-6-4-11(17)5-7-12/h2-9H,1H3. The van der Waals surface area contributed by atoms with Crippen LogP contribution in [0.2, 0.25) is 5.28 Å². The highest BCUT2D eigenvalue weighted by Gasteiger charge is 2.12. The third kappa shape index (κ3) is 2.73. The van der Waals surface area contributed by atoms with Gasteiger partial charge in [-0.15, -0.1) is 5.10 Å². The third-order valence-corrected chi connectivity index (χ3v) is 3.16. The van der Waals surface area contributed by atoms with Crippen molar-refractivity contribution in [1.82, 2.24) is 14.8 Å². The van der Waals surface area contributed by atoms with E-state index in [1.54, 1.807) is 23.9 Å². The minimum Gasteiger partial charge on any atom is -0.497 e. The van der Waals surface area contributed by atoms with E-state index >= 15 is 0 Å². The van der Waals surface area contributed by atoms with E-state index in [-0.39, 0.29) is 11.1 Å². The smallest absolute Gasteiger partial charge is 0.243 e. The van der Waals surface area contributed by atoms with Crippen LogP contribution in [0.3, 0.4) is 0 Å². The van der Waals surface area contributed by atoms with Crippen molar-refractivity contribution in [3.8, 4) is 22.8 Å². The molecule has 0 spiro atoms. The second-order valence-corrected chi connectivity index (χ2v) is 4.66. The van der Waals surface area contributed by atoms with Crippen molar-refractivity contribution >= 4 is 11.6 Å². The zero-order valence-electron chi connectivity index (χ0n) is 11.1. The van der Waals surface area contributed by atoms with Crippen LogP contribution in [-0.4, -0.2) is 21.9 Å². The van der Waals surface area contributed by atoms with Crippen molar-refractivity contribution in [2.75, 3.05) is 7.11 Å². The molecule has 0 aliphatic rings. The fourth-order valence-electron chi connectivity index (χ4n) is 1.98. The molecule has 0 amide bonds. The Morgan fingerprint density at radius 1 is 1.05 bits per heavy atom. The minimum atomic E-state index is -0.309. The Balaban J connectivity index is 2.08. The Morgan fingerprint density at radius 3 is 2.33 bits per heavy atom. The molecule has 1 heterocycles. The quantitative estimate of drug-likeness (QED) is 0.740. The summed E-state index contributed by atoms with van der Waals surface area (Å²) >= 11 is 5.91. The predicted molar refractivity (Wildman–Crippen MR) is 78.3 cm³/mol. The SMILES string of the molecule is COc1ccc(-c2nc(Cl)nn2-c2ccc(F)cc2)cc1. The summed E-state index contributed by atoms with van der Waals surface area (Å²) in [6, 6.07) is 13.3. The van der Waals surface area contributed by atoms with Crippen LogP contribution in [0.25, 0.3) is 17.1 Å². The molecular formula is C15H11ClFN3O. The first-order valence-electron chi connectivity index (χ1n) is 6.20. The van der Waals surface area contributed by atoms with Gasteiger partial charge in [0.05, 0.1) is 12.8 Å². The highest BCUT2D eigenvalue weighted by molar-refractivity contribution is 6.28. The van der Waals surface area contributed by atoms with E-state index in [4.69, 9.17) is 16.3 Å². The summed E-state index contributed by atoms with van der Waals surface area (Å²) in [5.74, 6) is 1.02. The lowest BCUT2D eigenvalue weighted by Crippen LogP contribution is -1.99.